The van der Waals surface area contributed by atoms with Crippen molar-refractivity contribution in [3.63, 3.8) is 0 Å². The van der Waals surface area contributed by atoms with Gasteiger partial charge in [-0.05, 0) is 18.6 Å². The van der Waals surface area contributed by atoms with Crippen molar-refractivity contribution in [1.82, 2.24) is 9.97 Å². The van der Waals surface area contributed by atoms with Crippen LogP contribution in [0.25, 0.3) is 11.0 Å². The fourth-order valence-corrected chi connectivity index (χ4v) is 2.17. The monoisotopic (exact) mass is 261 g/mol. The fraction of sp³-hybridized carbons (Fsp3) is 0.429. The molecule has 2 rings (SSSR count). The van der Waals surface area contributed by atoms with Crippen LogP contribution < -0.4 is 5.32 Å². The van der Waals surface area contributed by atoms with E-state index in [2.05, 4.69) is 15.3 Å². The van der Waals surface area contributed by atoms with Crippen LogP contribution in [0.1, 0.15) is 35.9 Å². The quantitative estimate of drug-likeness (QED) is 0.696. The van der Waals surface area contributed by atoms with E-state index in [1.165, 1.54) is 0 Å². The molecule has 0 unspecified atom stereocenters. The van der Waals surface area contributed by atoms with Crippen LogP contribution >= 0.6 is 0 Å². The Morgan fingerprint density at radius 2 is 2.26 bits per heavy atom. The number of fused-ring (bicyclic) bond motifs is 1. The Morgan fingerprint density at radius 3 is 2.89 bits per heavy atom. The van der Waals surface area contributed by atoms with Crippen LogP contribution in [0.15, 0.2) is 12.1 Å². The summed E-state index contributed by atoms with van der Waals surface area (Å²) >= 11 is 0. The number of aliphatic hydroxyl groups excluding tert-OH is 1. The zero-order valence-corrected chi connectivity index (χ0v) is 11.3. The summed E-state index contributed by atoms with van der Waals surface area (Å²) in [5.74, 6) is 0.938. The number of H-pyrrole nitrogens is 1. The number of benzene rings is 1. The van der Waals surface area contributed by atoms with Gasteiger partial charge in [-0.25, -0.2) is 4.98 Å². The van der Waals surface area contributed by atoms with Gasteiger partial charge in [0.1, 0.15) is 11.3 Å². The van der Waals surface area contributed by atoms with Crippen molar-refractivity contribution in [2.24, 2.45) is 0 Å². The number of ketones is 1. The molecule has 1 aromatic carbocycles. The summed E-state index contributed by atoms with van der Waals surface area (Å²) in [7, 11) is 1.79. The van der Waals surface area contributed by atoms with Gasteiger partial charge < -0.3 is 15.4 Å². The molecule has 1 aromatic heterocycles. The maximum atomic E-state index is 11.9. The lowest BCUT2D eigenvalue weighted by Crippen LogP contribution is -2.03. The van der Waals surface area contributed by atoms with Gasteiger partial charge in [-0.15, -0.1) is 0 Å². The summed E-state index contributed by atoms with van der Waals surface area (Å²) in [5, 5.41) is 11.9. The van der Waals surface area contributed by atoms with E-state index in [0.717, 1.165) is 22.5 Å². The molecule has 0 saturated heterocycles. The third-order valence-corrected chi connectivity index (χ3v) is 3.15. The normalized spacial score (nSPS) is 10.9. The van der Waals surface area contributed by atoms with Gasteiger partial charge in [0, 0.05) is 32.1 Å². The smallest absolute Gasteiger partial charge is 0.164 e. The van der Waals surface area contributed by atoms with E-state index in [1.807, 2.05) is 19.1 Å². The molecule has 0 amide bonds. The van der Waals surface area contributed by atoms with Gasteiger partial charge in [0.05, 0.1) is 11.2 Å². The number of carbonyl (C=O) groups excluding carboxylic acids is 1. The molecule has 1 heterocycles. The lowest BCUT2D eigenvalue weighted by atomic mass is 10.1. The molecule has 2 aromatic rings. The molecule has 0 bridgehead atoms. The summed E-state index contributed by atoms with van der Waals surface area (Å²) in [5.41, 5.74) is 3.15. The van der Waals surface area contributed by atoms with E-state index in [9.17, 15) is 4.79 Å². The molecular formula is C14H19N3O2. The third-order valence-electron chi connectivity index (χ3n) is 3.15. The van der Waals surface area contributed by atoms with Crippen LogP contribution in [0.3, 0.4) is 0 Å². The average Bonchev–Trinajstić information content (AvgIpc) is 2.85. The van der Waals surface area contributed by atoms with Crippen molar-refractivity contribution in [3.8, 4) is 0 Å². The minimum Gasteiger partial charge on any atom is -0.396 e. The van der Waals surface area contributed by atoms with E-state index < -0.39 is 0 Å². The number of hydrogen-bond acceptors (Lipinski definition) is 4. The van der Waals surface area contributed by atoms with Crippen molar-refractivity contribution in [2.45, 2.75) is 26.2 Å². The highest BCUT2D eigenvalue weighted by Crippen LogP contribution is 2.27. The predicted molar refractivity (Wildman–Crippen MR) is 75.7 cm³/mol. The number of carbonyl (C=O) groups is 1. The number of nitrogens with zero attached hydrogens (tertiary/aromatic N) is 1. The van der Waals surface area contributed by atoms with Gasteiger partial charge in [0.15, 0.2) is 5.78 Å². The Labute approximate surface area is 112 Å². The molecule has 19 heavy (non-hydrogen) atoms. The van der Waals surface area contributed by atoms with Crippen molar-refractivity contribution in [3.05, 3.63) is 23.5 Å². The number of rotatable bonds is 6. The first-order valence-corrected chi connectivity index (χ1v) is 6.54. The molecule has 0 radical (unpaired) electrons. The van der Waals surface area contributed by atoms with Gasteiger partial charge in [-0.2, -0.15) is 0 Å². The number of aromatic amines is 1. The lowest BCUT2D eigenvalue weighted by Gasteiger charge is -2.07. The molecule has 0 atom stereocenters. The zero-order chi connectivity index (χ0) is 13.8. The van der Waals surface area contributed by atoms with Crippen molar-refractivity contribution < 1.29 is 9.90 Å². The highest BCUT2D eigenvalue weighted by Gasteiger charge is 2.15. The number of hydrogen-bond donors (Lipinski definition) is 3. The van der Waals surface area contributed by atoms with E-state index in [0.29, 0.717) is 24.8 Å². The SMILES string of the molecule is CCC(=O)c1ccc2[nH]c(CCCO)nc2c1NC. The van der Waals surface area contributed by atoms with Crippen molar-refractivity contribution >= 4 is 22.5 Å². The third kappa shape index (κ3) is 2.61. The van der Waals surface area contributed by atoms with Crippen LogP contribution in [0.4, 0.5) is 5.69 Å². The number of nitrogens with one attached hydrogen (secondary N) is 2. The second-order valence-electron chi connectivity index (χ2n) is 4.42. The second-order valence-corrected chi connectivity index (χ2v) is 4.42. The molecule has 0 saturated carbocycles. The first-order chi connectivity index (χ1) is 9.21. The first-order valence-electron chi connectivity index (χ1n) is 6.54. The Hall–Kier alpha value is -1.88. The first kappa shape index (κ1) is 13.5. The van der Waals surface area contributed by atoms with Gasteiger partial charge in [-0.3, -0.25) is 4.79 Å². The number of aromatic nitrogens is 2. The van der Waals surface area contributed by atoms with E-state index >= 15 is 0 Å². The summed E-state index contributed by atoms with van der Waals surface area (Å²) in [6.07, 6.45) is 1.85. The summed E-state index contributed by atoms with van der Waals surface area (Å²) < 4.78 is 0. The topological polar surface area (TPSA) is 78.0 Å². The largest absolute Gasteiger partial charge is 0.396 e. The molecule has 5 heteroatoms. The molecule has 0 spiro atoms. The summed E-state index contributed by atoms with van der Waals surface area (Å²) in [6.45, 7) is 2.00. The summed E-state index contributed by atoms with van der Waals surface area (Å²) in [6, 6.07) is 3.71. The molecular weight excluding hydrogens is 242 g/mol. The van der Waals surface area contributed by atoms with Gasteiger partial charge in [0.2, 0.25) is 0 Å². The molecule has 0 aliphatic heterocycles. The molecule has 3 N–H and O–H groups in total. The van der Waals surface area contributed by atoms with E-state index in [-0.39, 0.29) is 12.4 Å². The van der Waals surface area contributed by atoms with Crippen molar-refractivity contribution in [1.29, 1.82) is 0 Å². The molecule has 5 nitrogen and oxygen atoms in total. The van der Waals surface area contributed by atoms with Crippen LogP contribution in [0.5, 0.6) is 0 Å². The number of aryl methyl sites for hydroxylation is 1. The van der Waals surface area contributed by atoms with Gasteiger partial charge in [-0.1, -0.05) is 6.92 Å². The Kier molecular flexibility index (Phi) is 4.16. The number of anilines is 1. The Morgan fingerprint density at radius 1 is 1.47 bits per heavy atom. The maximum absolute atomic E-state index is 11.9. The average molecular weight is 261 g/mol. The molecule has 0 aliphatic rings. The highest BCUT2D eigenvalue weighted by atomic mass is 16.2. The van der Waals surface area contributed by atoms with E-state index in [1.54, 1.807) is 7.05 Å². The Bertz CT molecular complexity index is 590. The van der Waals surface area contributed by atoms with Crippen LogP contribution in [0.2, 0.25) is 0 Å². The minimum atomic E-state index is 0.103. The number of imidazole rings is 1. The summed E-state index contributed by atoms with van der Waals surface area (Å²) in [4.78, 5) is 19.6. The predicted octanol–water partition coefficient (Wildman–Crippen LogP) is 2.12. The fourth-order valence-electron chi connectivity index (χ4n) is 2.17. The standard InChI is InChI=1S/C14H19N3O2/c1-3-11(19)9-6-7-10-14(13(9)15-2)17-12(16-10)5-4-8-18/h6-7,15,18H,3-5,8H2,1-2H3,(H,16,17). The van der Waals surface area contributed by atoms with E-state index in [4.69, 9.17) is 5.11 Å². The molecule has 0 fully saturated rings. The van der Waals surface area contributed by atoms with Crippen LogP contribution in [0, 0.1) is 0 Å². The number of aliphatic hydroxyl groups is 1. The zero-order valence-electron chi connectivity index (χ0n) is 11.3. The van der Waals surface area contributed by atoms with Crippen molar-refractivity contribution in [2.75, 3.05) is 19.0 Å². The van der Waals surface area contributed by atoms with Crippen LogP contribution in [-0.2, 0) is 6.42 Å². The minimum absolute atomic E-state index is 0.103. The van der Waals surface area contributed by atoms with Crippen LogP contribution in [-0.4, -0.2) is 34.5 Å². The maximum Gasteiger partial charge on any atom is 0.164 e. The number of Topliss-reactive ketones (excluding diaryl/α,β-unsaturated/α-hetero) is 1. The lowest BCUT2D eigenvalue weighted by molar-refractivity contribution is 0.0989. The van der Waals surface area contributed by atoms with Gasteiger partial charge in [0.25, 0.3) is 0 Å². The second kappa shape index (κ2) is 5.84. The molecule has 102 valence electrons. The molecule has 0 aliphatic carbocycles. The highest BCUT2D eigenvalue weighted by molar-refractivity contribution is 6.07. The Balaban J connectivity index is 2.49. The van der Waals surface area contributed by atoms with Gasteiger partial charge >= 0.3 is 0 Å².